The van der Waals surface area contributed by atoms with Crippen LogP contribution < -0.4 is 15.8 Å². The summed E-state index contributed by atoms with van der Waals surface area (Å²) in [6, 6.07) is 13.9. The minimum atomic E-state index is -0.173. The number of amides is 1. The lowest BCUT2D eigenvalue weighted by molar-refractivity contribution is -0.125. The van der Waals surface area contributed by atoms with E-state index in [-0.39, 0.29) is 17.4 Å². The van der Waals surface area contributed by atoms with Crippen molar-refractivity contribution < 1.29 is 9.21 Å². The Bertz CT molecular complexity index is 1370. The molecule has 34 heavy (non-hydrogen) atoms. The molecule has 3 aromatic heterocycles. The Labute approximate surface area is 202 Å². The zero-order chi connectivity index (χ0) is 23.7. The van der Waals surface area contributed by atoms with Crippen LogP contribution in [0.3, 0.4) is 0 Å². The molecule has 1 amide bonds. The monoisotopic (exact) mass is 476 g/mol. The van der Waals surface area contributed by atoms with E-state index in [4.69, 9.17) is 9.40 Å². The normalized spacial score (nSPS) is 16.2. The second kappa shape index (κ2) is 9.46. The molecule has 1 N–H and O–H groups in total. The highest BCUT2D eigenvalue weighted by Gasteiger charge is 2.29. The van der Waals surface area contributed by atoms with E-state index < -0.39 is 0 Å². The molecule has 0 aliphatic carbocycles. The lowest BCUT2D eigenvalue weighted by Gasteiger charge is -2.34. The second-order valence-electron chi connectivity index (χ2n) is 8.94. The topological polar surface area (TPSA) is 80.4 Å². The first-order valence-corrected chi connectivity index (χ1v) is 12.5. The van der Waals surface area contributed by atoms with E-state index in [1.807, 2.05) is 49.6 Å². The third-order valence-electron chi connectivity index (χ3n) is 6.31. The number of anilines is 1. The zero-order valence-corrected chi connectivity index (χ0v) is 20.2. The average molecular weight is 477 g/mol. The number of carbonyl (C=O) groups excluding carboxylic acids is 1. The number of aromatic nitrogens is 2. The molecule has 4 aromatic rings. The van der Waals surface area contributed by atoms with E-state index in [0.717, 1.165) is 36.5 Å². The van der Waals surface area contributed by atoms with Crippen LogP contribution >= 0.6 is 11.3 Å². The second-order valence-corrected chi connectivity index (χ2v) is 9.86. The summed E-state index contributed by atoms with van der Waals surface area (Å²) in [5.41, 5.74) is 2.91. The number of fused-ring (bicyclic) bond motifs is 1. The van der Waals surface area contributed by atoms with Crippen LogP contribution in [0.4, 0.5) is 5.95 Å². The van der Waals surface area contributed by atoms with E-state index in [1.54, 1.807) is 4.57 Å². The number of nitrogens with one attached hydrogen (secondary N) is 1. The standard InChI is InChI=1S/C26H28N4O3S/c1-17-5-8-19(9-6-17)15-30-25(32)23-22(11-13-34-23)28-26(30)29-12-3-4-20(16-29)24(31)27-14-21-10-7-18(2)33-21/h5-11,13,20H,3-4,12,14-16H2,1-2H3,(H,27,31). The van der Waals surface area contributed by atoms with Crippen molar-refractivity contribution in [2.45, 2.75) is 39.8 Å². The number of carbonyl (C=O) groups is 1. The van der Waals surface area contributed by atoms with Gasteiger partial charge in [0.2, 0.25) is 11.9 Å². The number of furan rings is 1. The number of nitrogens with zero attached hydrogens (tertiary/aromatic N) is 3. The van der Waals surface area contributed by atoms with Crippen molar-refractivity contribution in [1.29, 1.82) is 0 Å². The van der Waals surface area contributed by atoms with Crippen LogP contribution in [-0.2, 0) is 17.9 Å². The largest absolute Gasteiger partial charge is 0.465 e. The Kier molecular flexibility index (Phi) is 6.24. The maximum Gasteiger partial charge on any atom is 0.273 e. The first-order valence-electron chi connectivity index (χ1n) is 11.6. The van der Waals surface area contributed by atoms with Gasteiger partial charge in [-0.2, -0.15) is 0 Å². The predicted molar refractivity (Wildman–Crippen MR) is 134 cm³/mol. The van der Waals surface area contributed by atoms with E-state index >= 15 is 0 Å². The molecule has 5 rings (SSSR count). The van der Waals surface area contributed by atoms with Crippen LogP contribution in [0.2, 0.25) is 0 Å². The van der Waals surface area contributed by atoms with Crippen molar-refractivity contribution >= 4 is 33.4 Å². The van der Waals surface area contributed by atoms with Crippen LogP contribution in [0.1, 0.15) is 35.5 Å². The number of benzene rings is 1. The number of aryl methyl sites for hydroxylation is 2. The third kappa shape index (κ3) is 4.63. The Morgan fingerprint density at radius 3 is 2.76 bits per heavy atom. The average Bonchev–Trinajstić information content (AvgIpc) is 3.49. The Morgan fingerprint density at radius 1 is 1.18 bits per heavy atom. The molecule has 1 fully saturated rings. The maximum absolute atomic E-state index is 13.4. The van der Waals surface area contributed by atoms with Crippen LogP contribution in [0.15, 0.2) is 57.1 Å². The molecule has 7 nitrogen and oxygen atoms in total. The lowest BCUT2D eigenvalue weighted by atomic mass is 9.97. The van der Waals surface area contributed by atoms with Gasteiger partial charge >= 0.3 is 0 Å². The molecule has 0 saturated carbocycles. The molecule has 1 aliphatic heterocycles. The number of piperidine rings is 1. The van der Waals surface area contributed by atoms with Gasteiger partial charge in [-0.1, -0.05) is 29.8 Å². The van der Waals surface area contributed by atoms with E-state index in [1.165, 1.54) is 16.9 Å². The minimum Gasteiger partial charge on any atom is -0.465 e. The Hall–Kier alpha value is -3.39. The third-order valence-corrected chi connectivity index (χ3v) is 7.21. The fraction of sp³-hybridized carbons (Fsp3) is 0.346. The van der Waals surface area contributed by atoms with Gasteiger partial charge in [0.25, 0.3) is 5.56 Å². The summed E-state index contributed by atoms with van der Waals surface area (Å²) in [5, 5.41) is 4.91. The molecule has 1 unspecified atom stereocenters. The maximum atomic E-state index is 13.4. The first-order chi connectivity index (χ1) is 16.5. The smallest absolute Gasteiger partial charge is 0.273 e. The van der Waals surface area contributed by atoms with Crippen molar-refractivity contribution in [3.05, 3.63) is 80.8 Å². The van der Waals surface area contributed by atoms with Gasteiger partial charge in [-0.05, 0) is 55.8 Å². The zero-order valence-electron chi connectivity index (χ0n) is 19.4. The van der Waals surface area contributed by atoms with Crippen molar-refractivity contribution in [2.24, 2.45) is 5.92 Å². The van der Waals surface area contributed by atoms with Gasteiger partial charge in [0.05, 0.1) is 24.5 Å². The molecule has 0 bridgehead atoms. The summed E-state index contributed by atoms with van der Waals surface area (Å²) in [6.07, 6.45) is 1.67. The molecule has 1 aliphatic rings. The van der Waals surface area contributed by atoms with Crippen LogP contribution in [0.25, 0.3) is 10.2 Å². The Morgan fingerprint density at radius 2 is 2.00 bits per heavy atom. The minimum absolute atomic E-state index is 0.00259. The van der Waals surface area contributed by atoms with Crippen LogP contribution in [-0.4, -0.2) is 28.5 Å². The van der Waals surface area contributed by atoms with Crippen LogP contribution in [0.5, 0.6) is 0 Å². The van der Waals surface area contributed by atoms with Gasteiger partial charge in [0.15, 0.2) is 0 Å². The molecular formula is C26H28N4O3S. The molecule has 1 atom stereocenters. The van der Waals surface area contributed by atoms with Gasteiger partial charge in [-0.15, -0.1) is 11.3 Å². The summed E-state index contributed by atoms with van der Waals surface area (Å²) in [7, 11) is 0. The van der Waals surface area contributed by atoms with Gasteiger partial charge in [0.1, 0.15) is 16.2 Å². The predicted octanol–water partition coefficient (Wildman–Crippen LogP) is 4.25. The van der Waals surface area contributed by atoms with Crippen molar-refractivity contribution in [3.63, 3.8) is 0 Å². The highest BCUT2D eigenvalue weighted by atomic mass is 32.1. The Balaban J connectivity index is 1.40. The van der Waals surface area contributed by atoms with E-state index in [2.05, 4.69) is 22.3 Å². The molecule has 0 spiro atoms. The summed E-state index contributed by atoms with van der Waals surface area (Å²) in [5.74, 6) is 2.04. The lowest BCUT2D eigenvalue weighted by Crippen LogP contribution is -2.45. The highest BCUT2D eigenvalue weighted by molar-refractivity contribution is 7.17. The number of hydrogen-bond donors (Lipinski definition) is 1. The highest BCUT2D eigenvalue weighted by Crippen LogP contribution is 2.25. The molecular weight excluding hydrogens is 448 g/mol. The SMILES string of the molecule is Cc1ccc(Cn2c(N3CCCC(C(=O)NCc4ccc(C)o4)C3)nc3ccsc3c2=O)cc1. The molecule has 176 valence electrons. The van der Waals surface area contributed by atoms with E-state index in [0.29, 0.717) is 35.8 Å². The molecule has 8 heteroatoms. The summed E-state index contributed by atoms with van der Waals surface area (Å²) < 4.78 is 7.99. The fourth-order valence-electron chi connectivity index (χ4n) is 4.46. The van der Waals surface area contributed by atoms with Crippen LogP contribution in [0, 0.1) is 19.8 Å². The number of thiophene rings is 1. The molecule has 0 radical (unpaired) electrons. The van der Waals surface area contributed by atoms with Crippen molar-refractivity contribution in [3.8, 4) is 0 Å². The van der Waals surface area contributed by atoms with Gasteiger partial charge in [0, 0.05) is 13.1 Å². The molecule has 4 heterocycles. The molecule has 1 saturated heterocycles. The fourth-order valence-corrected chi connectivity index (χ4v) is 5.24. The van der Waals surface area contributed by atoms with Crippen molar-refractivity contribution in [2.75, 3.05) is 18.0 Å². The van der Waals surface area contributed by atoms with Crippen molar-refractivity contribution in [1.82, 2.24) is 14.9 Å². The quantitative estimate of drug-likeness (QED) is 0.450. The summed E-state index contributed by atoms with van der Waals surface area (Å²) >= 11 is 1.42. The van der Waals surface area contributed by atoms with Gasteiger partial charge in [-0.25, -0.2) is 4.98 Å². The molecule has 1 aromatic carbocycles. The van der Waals surface area contributed by atoms with Gasteiger partial charge < -0.3 is 14.6 Å². The van der Waals surface area contributed by atoms with Gasteiger partial charge in [-0.3, -0.25) is 14.2 Å². The van der Waals surface area contributed by atoms with E-state index in [9.17, 15) is 9.59 Å². The number of rotatable bonds is 6. The number of hydrogen-bond acceptors (Lipinski definition) is 6. The summed E-state index contributed by atoms with van der Waals surface area (Å²) in [6.45, 7) is 6.04. The first kappa shape index (κ1) is 22.4. The summed E-state index contributed by atoms with van der Waals surface area (Å²) in [4.78, 5) is 33.3.